The molecule has 6 N–H and O–H groups in total. The zero-order valence-corrected chi connectivity index (χ0v) is 23.5. The Morgan fingerprint density at radius 2 is 1.76 bits per heavy atom. The quantitative estimate of drug-likeness (QED) is 0.325. The van der Waals surface area contributed by atoms with E-state index in [2.05, 4.69) is 24.0 Å². The van der Waals surface area contributed by atoms with Gasteiger partial charge in [-0.3, -0.25) is 19.3 Å². The molecule has 0 radical (unpaired) electrons. The monoisotopic (exact) mass is 574 g/mol. The van der Waals surface area contributed by atoms with Gasteiger partial charge in [-0.15, -0.1) is 0 Å². The van der Waals surface area contributed by atoms with Crippen LogP contribution in [0.15, 0.2) is 47.2 Å². The standard InChI is InChI=1S/C32H34N2O8/c1-3-34(20-9-15-6-4-5-7-16(15)10-20)14-18-12-22(35)25-21(28(18)42-2)11-17-8-19-13-23(36)26(31(33)40)30(39)32(19,41)29(38)24(17)27(25)37/h4-7,12,17,19-20,35,37,39,41H,3,8-11,13-14H2,1-2H3,(H2,33,40)/t17?,19-,32-/m0/s1. The highest BCUT2D eigenvalue weighted by Crippen LogP contribution is 2.53. The van der Waals surface area contributed by atoms with E-state index < -0.39 is 52.0 Å². The lowest BCUT2D eigenvalue weighted by Gasteiger charge is -2.46. The van der Waals surface area contributed by atoms with E-state index in [-0.39, 0.29) is 42.2 Å². The number of carbonyl (C=O) groups excluding carboxylic acids is 3. The van der Waals surface area contributed by atoms with E-state index in [1.54, 1.807) is 0 Å². The Bertz CT molecular complexity index is 1580. The van der Waals surface area contributed by atoms with Crippen LogP contribution in [0.25, 0.3) is 5.76 Å². The third kappa shape index (κ3) is 3.96. The molecule has 4 aliphatic carbocycles. The number of phenols is 1. The highest BCUT2D eigenvalue weighted by atomic mass is 16.5. The fourth-order valence-corrected chi connectivity index (χ4v) is 7.62. The summed E-state index contributed by atoms with van der Waals surface area (Å²) in [4.78, 5) is 40.5. The van der Waals surface area contributed by atoms with Crippen LogP contribution in [0.4, 0.5) is 0 Å². The summed E-state index contributed by atoms with van der Waals surface area (Å²) in [6.07, 6.45) is 1.74. The molecule has 2 aromatic carbocycles. The van der Waals surface area contributed by atoms with Crippen molar-refractivity contribution < 1.29 is 39.5 Å². The molecule has 3 atom stereocenters. The predicted molar refractivity (Wildman–Crippen MR) is 152 cm³/mol. The third-order valence-electron chi connectivity index (χ3n) is 9.62. The molecule has 0 saturated heterocycles. The fourth-order valence-electron chi connectivity index (χ4n) is 7.62. The first-order chi connectivity index (χ1) is 20.0. The SMILES string of the molecule is CCN(Cc1cc(O)c2c(c1OC)CC1C[C@H]3CC(=O)C(C(N)=O)=C(O)[C@@]3(O)C(=O)C1=C2O)C1Cc2ccccc2C1. The maximum Gasteiger partial charge on any atom is 0.255 e. The minimum absolute atomic E-state index is 0.0269. The van der Waals surface area contributed by atoms with Gasteiger partial charge in [0.05, 0.1) is 12.7 Å². The summed E-state index contributed by atoms with van der Waals surface area (Å²) in [6.45, 7) is 3.35. The molecule has 1 saturated carbocycles. The molecule has 42 heavy (non-hydrogen) atoms. The van der Waals surface area contributed by atoms with Gasteiger partial charge in [-0.1, -0.05) is 31.2 Å². The molecular weight excluding hydrogens is 540 g/mol. The van der Waals surface area contributed by atoms with Crippen molar-refractivity contribution in [3.05, 3.63) is 75.1 Å². The second-order valence-corrected chi connectivity index (χ2v) is 11.7. The Kier molecular flexibility index (Phi) is 6.66. The number of benzene rings is 2. The van der Waals surface area contributed by atoms with E-state index in [9.17, 15) is 34.8 Å². The number of aromatic hydroxyl groups is 1. The average molecular weight is 575 g/mol. The van der Waals surface area contributed by atoms with E-state index >= 15 is 0 Å². The van der Waals surface area contributed by atoms with Crippen LogP contribution in [0.3, 0.4) is 0 Å². The molecule has 4 aliphatic rings. The summed E-state index contributed by atoms with van der Waals surface area (Å²) in [5, 5.41) is 44.8. The van der Waals surface area contributed by atoms with Crippen molar-refractivity contribution in [3.8, 4) is 11.5 Å². The smallest absolute Gasteiger partial charge is 0.255 e. The number of nitrogens with zero attached hydrogens (tertiary/aromatic N) is 1. The van der Waals surface area contributed by atoms with Gasteiger partial charge in [-0.2, -0.15) is 0 Å². The van der Waals surface area contributed by atoms with Crippen molar-refractivity contribution in [1.29, 1.82) is 0 Å². The highest BCUT2D eigenvalue weighted by Gasteiger charge is 2.60. The second-order valence-electron chi connectivity index (χ2n) is 11.7. The molecule has 0 heterocycles. The Balaban J connectivity index is 1.39. The number of hydrogen-bond acceptors (Lipinski definition) is 9. The number of primary amides is 1. The first-order valence-corrected chi connectivity index (χ1v) is 14.2. The number of phenolic OH excluding ortho intramolecular Hbond substituents is 1. The number of carbonyl (C=O) groups is 3. The minimum Gasteiger partial charge on any atom is -0.508 e. The number of likely N-dealkylation sites (N-methyl/N-ethyl adjacent to an activating group) is 1. The lowest BCUT2D eigenvalue weighted by atomic mass is 9.59. The zero-order chi connectivity index (χ0) is 30.1. The van der Waals surface area contributed by atoms with Crippen LogP contribution in [-0.2, 0) is 40.2 Å². The molecule has 1 amide bonds. The Morgan fingerprint density at radius 3 is 2.36 bits per heavy atom. The number of fused-ring (bicyclic) bond motifs is 4. The number of hydrogen-bond donors (Lipinski definition) is 5. The number of rotatable bonds is 6. The zero-order valence-electron chi connectivity index (χ0n) is 23.5. The van der Waals surface area contributed by atoms with Gasteiger partial charge in [-0.05, 0) is 55.3 Å². The number of Topliss-reactive ketones (excluding diaryl/α,β-unsaturated/α-hetero) is 2. The summed E-state index contributed by atoms with van der Waals surface area (Å²) < 4.78 is 5.87. The Labute approximate surface area is 242 Å². The number of amides is 1. The van der Waals surface area contributed by atoms with Crippen LogP contribution in [0, 0.1) is 11.8 Å². The summed E-state index contributed by atoms with van der Waals surface area (Å²) in [6, 6.07) is 10.2. The van der Waals surface area contributed by atoms with E-state index in [1.807, 2.05) is 12.1 Å². The first kappa shape index (κ1) is 28.0. The largest absolute Gasteiger partial charge is 0.508 e. The van der Waals surface area contributed by atoms with Crippen LogP contribution in [0.2, 0.25) is 0 Å². The van der Waals surface area contributed by atoms with Crippen LogP contribution in [0.5, 0.6) is 11.5 Å². The average Bonchev–Trinajstić information content (AvgIpc) is 3.37. The molecule has 10 heteroatoms. The lowest BCUT2D eigenvalue weighted by Crippen LogP contribution is -2.58. The van der Waals surface area contributed by atoms with Gasteiger partial charge in [0, 0.05) is 41.6 Å². The molecule has 0 bridgehead atoms. The summed E-state index contributed by atoms with van der Waals surface area (Å²) in [5.74, 6) is -6.02. The van der Waals surface area contributed by atoms with Crippen LogP contribution in [0.1, 0.15) is 47.6 Å². The van der Waals surface area contributed by atoms with E-state index in [1.165, 1.54) is 24.3 Å². The maximum absolute atomic E-state index is 13.7. The van der Waals surface area contributed by atoms with Crippen molar-refractivity contribution in [1.82, 2.24) is 4.90 Å². The number of methoxy groups -OCH3 is 1. The lowest BCUT2D eigenvalue weighted by molar-refractivity contribution is -0.147. The third-order valence-corrected chi connectivity index (χ3v) is 9.62. The maximum atomic E-state index is 13.7. The van der Waals surface area contributed by atoms with Crippen molar-refractivity contribution in [3.63, 3.8) is 0 Å². The van der Waals surface area contributed by atoms with Gasteiger partial charge in [-0.25, -0.2) is 0 Å². The number of nitrogens with two attached hydrogens (primary N) is 1. The van der Waals surface area contributed by atoms with Gasteiger partial charge in [0.2, 0.25) is 5.78 Å². The van der Waals surface area contributed by atoms with Crippen LogP contribution >= 0.6 is 0 Å². The molecule has 6 rings (SSSR count). The van der Waals surface area contributed by atoms with Crippen LogP contribution < -0.4 is 10.5 Å². The fraction of sp³-hybridized carbons (Fsp3) is 0.406. The molecule has 1 fully saturated rings. The molecule has 10 nitrogen and oxygen atoms in total. The number of aliphatic hydroxyl groups is 3. The second kappa shape index (κ2) is 9.99. The summed E-state index contributed by atoms with van der Waals surface area (Å²) in [7, 11) is 1.52. The topological polar surface area (TPSA) is 171 Å². The molecule has 2 aromatic rings. The molecule has 0 aliphatic heterocycles. The number of ketones is 2. The molecule has 220 valence electrons. The van der Waals surface area contributed by atoms with Gasteiger partial charge in [0.1, 0.15) is 28.6 Å². The Morgan fingerprint density at radius 1 is 1.10 bits per heavy atom. The summed E-state index contributed by atoms with van der Waals surface area (Å²) >= 11 is 0. The predicted octanol–water partition coefficient (Wildman–Crippen LogP) is 2.42. The number of ether oxygens (including phenoxy) is 1. The van der Waals surface area contributed by atoms with Gasteiger partial charge in [0.15, 0.2) is 11.4 Å². The van der Waals surface area contributed by atoms with Crippen molar-refractivity contribution in [2.45, 2.75) is 57.2 Å². The molecule has 0 spiro atoms. The van der Waals surface area contributed by atoms with E-state index in [0.29, 0.717) is 17.9 Å². The van der Waals surface area contributed by atoms with Crippen molar-refractivity contribution in [2.75, 3.05) is 13.7 Å². The molecular formula is C32H34N2O8. The van der Waals surface area contributed by atoms with Crippen molar-refractivity contribution >= 4 is 23.2 Å². The summed E-state index contributed by atoms with van der Waals surface area (Å²) in [5.41, 5.74) is 5.64. The minimum atomic E-state index is -2.59. The molecule has 1 unspecified atom stereocenters. The number of aliphatic hydroxyl groups excluding tert-OH is 2. The highest BCUT2D eigenvalue weighted by molar-refractivity contribution is 6.22. The van der Waals surface area contributed by atoms with Gasteiger partial charge < -0.3 is 30.9 Å². The van der Waals surface area contributed by atoms with Crippen molar-refractivity contribution in [2.24, 2.45) is 17.6 Å². The van der Waals surface area contributed by atoms with Crippen LogP contribution in [-0.4, -0.2) is 68.1 Å². The first-order valence-electron chi connectivity index (χ1n) is 14.2. The van der Waals surface area contributed by atoms with E-state index in [0.717, 1.165) is 24.9 Å². The molecule has 0 aromatic heterocycles. The Hall–Kier alpha value is -4.15. The van der Waals surface area contributed by atoms with Gasteiger partial charge >= 0.3 is 0 Å². The normalized spacial score (nSPS) is 25.3. The van der Waals surface area contributed by atoms with Gasteiger partial charge in [0.25, 0.3) is 5.91 Å². The van der Waals surface area contributed by atoms with E-state index in [4.69, 9.17) is 10.5 Å².